The lowest BCUT2D eigenvalue weighted by molar-refractivity contribution is -0.0249. The average Bonchev–Trinajstić information content (AvgIpc) is 2.33. The molecule has 0 radical (unpaired) electrons. The highest BCUT2D eigenvalue weighted by molar-refractivity contribution is 5.00. The second-order valence-corrected chi connectivity index (χ2v) is 4.38. The minimum atomic E-state index is -0.0113. The number of rotatable bonds is 2. The fraction of sp³-hybridized carbons (Fsp3) is 1.00. The van der Waals surface area contributed by atoms with Gasteiger partial charge in [-0.2, -0.15) is 0 Å². The molecule has 1 aliphatic carbocycles. The lowest BCUT2D eigenvalue weighted by Gasteiger charge is -2.42. The Labute approximate surface area is 73.5 Å². The van der Waals surface area contributed by atoms with Crippen LogP contribution in [-0.4, -0.2) is 42.3 Å². The smallest absolute Gasteiger partial charge is 0.0551 e. The molecule has 2 rings (SSSR count). The number of hydrogen-bond donors (Lipinski definition) is 2. The third-order valence-corrected chi connectivity index (χ3v) is 3.30. The van der Waals surface area contributed by atoms with Gasteiger partial charge in [0, 0.05) is 19.6 Å². The van der Waals surface area contributed by atoms with Crippen LogP contribution in [0, 0.1) is 5.41 Å². The second kappa shape index (κ2) is 2.98. The van der Waals surface area contributed by atoms with Crippen molar-refractivity contribution in [2.45, 2.75) is 25.4 Å². The first kappa shape index (κ1) is 8.48. The van der Waals surface area contributed by atoms with Gasteiger partial charge in [0.1, 0.15) is 0 Å². The van der Waals surface area contributed by atoms with E-state index in [0.29, 0.717) is 5.41 Å². The largest absolute Gasteiger partial charge is 0.393 e. The van der Waals surface area contributed by atoms with Crippen LogP contribution in [0.25, 0.3) is 0 Å². The maximum absolute atomic E-state index is 9.25. The fourth-order valence-electron chi connectivity index (χ4n) is 2.67. The molecule has 1 aliphatic heterocycles. The summed E-state index contributed by atoms with van der Waals surface area (Å²) >= 11 is 0. The lowest BCUT2D eigenvalue weighted by Crippen LogP contribution is -2.43. The first-order valence-electron chi connectivity index (χ1n) is 4.85. The van der Waals surface area contributed by atoms with E-state index in [1.54, 1.807) is 0 Å². The Balaban J connectivity index is 1.82. The molecule has 0 aromatic carbocycles. The summed E-state index contributed by atoms with van der Waals surface area (Å²) in [6, 6.07) is 0. The summed E-state index contributed by atoms with van der Waals surface area (Å²) in [5.41, 5.74) is 5.97. The molecule has 0 unspecified atom stereocenters. The zero-order valence-corrected chi connectivity index (χ0v) is 7.50. The summed E-state index contributed by atoms with van der Waals surface area (Å²) in [7, 11) is 0. The minimum absolute atomic E-state index is 0.0113. The molecule has 1 heterocycles. The molecule has 0 amide bonds. The van der Waals surface area contributed by atoms with Gasteiger partial charge in [-0.05, 0) is 31.2 Å². The monoisotopic (exact) mass is 170 g/mol. The predicted octanol–water partition coefficient (Wildman–Crippen LogP) is -0.208. The summed E-state index contributed by atoms with van der Waals surface area (Å²) in [5, 5.41) is 9.25. The van der Waals surface area contributed by atoms with E-state index < -0.39 is 0 Å². The standard InChI is InChI=1S/C9H18N2O/c10-2-4-11-3-1-9(7-11)5-8(12)6-9/h8,12H,1-7,10H2. The van der Waals surface area contributed by atoms with Crippen LogP contribution < -0.4 is 5.73 Å². The predicted molar refractivity (Wildman–Crippen MR) is 47.8 cm³/mol. The van der Waals surface area contributed by atoms with Gasteiger partial charge in [0.25, 0.3) is 0 Å². The van der Waals surface area contributed by atoms with Crippen molar-refractivity contribution in [3.63, 3.8) is 0 Å². The van der Waals surface area contributed by atoms with Crippen LogP contribution in [0.2, 0.25) is 0 Å². The van der Waals surface area contributed by atoms with Crippen molar-refractivity contribution in [3.05, 3.63) is 0 Å². The van der Waals surface area contributed by atoms with Crippen LogP contribution in [0.4, 0.5) is 0 Å². The minimum Gasteiger partial charge on any atom is -0.393 e. The summed E-state index contributed by atoms with van der Waals surface area (Å²) in [6.45, 7) is 4.14. The lowest BCUT2D eigenvalue weighted by atomic mass is 9.66. The molecule has 12 heavy (non-hydrogen) atoms. The summed E-state index contributed by atoms with van der Waals surface area (Å²) in [4.78, 5) is 2.42. The van der Waals surface area contributed by atoms with Crippen molar-refractivity contribution in [3.8, 4) is 0 Å². The highest BCUT2D eigenvalue weighted by Gasteiger charge is 2.47. The van der Waals surface area contributed by atoms with Gasteiger partial charge >= 0.3 is 0 Å². The number of nitrogens with zero attached hydrogens (tertiary/aromatic N) is 1. The van der Waals surface area contributed by atoms with E-state index in [1.807, 2.05) is 0 Å². The Morgan fingerprint density at radius 3 is 2.83 bits per heavy atom. The Bertz CT molecular complexity index is 166. The van der Waals surface area contributed by atoms with Crippen molar-refractivity contribution >= 4 is 0 Å². The van der Waals surface area contributed by atoms with Gasteiger partial charge in [-0.25, -0.2) is 0 Å². The van der Waals surface area contributed by atoms with Crippen LogP contribution in [0.5, 0.6) is 0 Å². The van der Waals surface area contributed by atoms with E-state index in [2.05, 4.69) is 4.90 Å². The molecule has 3 N–H and O–H groups in total. The Morgan fingerprint density at radius 2 is 2.25 bits per heavy atom. The number of hydrogen-bond acceptors (Lipinski definition) is 3. The molecular weight excluding hydrogens is 152 g/mol. The zero-order chi connectivity index (χ0) is 8.60. The van der Waals surface area contributed by atoms with Crippen LogP contribution >= 0.6 is 0 Å². The van der Waals surface area contributed by atoms with Gasteiger partial charge in [0.05, 0.1) is 6.10 Å². The molecule has 1 saturated carbocycles. The van der Waals surface area contributed by atoms with Crippen LogP contribution in [0.15, 0.2) is 0 Å². The highest BCUT2D eigenvalue weighted by atomic mass is 16.3. The SMILES string of the molecule is NCCN1CCC2(CC(O)C2)C1. The van der Waals surface area contributed by atoms with Crippen LogP contribution in [-0.2, 0) is 0 Å². The molecule has 1 spiro atoms. The number of nitrogens with two attached hydrogens (primary N) is 1. The molecule has 2 aliphatic rings. The molecule has 3 heteroatoms. The number of likely N-dealkylation sites (tertiary alicyclic amines) is 1. The molecule has 0 bridgehead atoms. The van der Waals surface area contributed by atoms with E-state index in [0.717, 1.165) is 25.9 Å². The first-order chi connectivity index (χ1) is 5.74. The normalized spacial score (nSPS) is 42.0. The van der Waals surface area contributed by atoms with Crippen molar-refractivity contribution < 1.29 is 5.11 Å². The zero-order valence-electron chi connectivity index (χ0n) is 7.50. The van der Waals surface area contributed by atoms with E-state index in [4.69, 9.17) is 5.73 Å². The van der Waals surface area contributed by atoms with Gasteiger partial charge in [-0.1, -0.05) is 0 Å². The van der Waals surface area contributed by atoms with Crippen molar-refractivity contribution in [1.82, 2.24) is 4.90 Å². The van der Waals surface area contributed by atoms with Crippen molar-refractivity contribution in [1.29, 1.82) is 0 Å². The third kappa shape index (κ3) is 1.37. The van der Waals surface area contributed by atoms with Crippen molar-refractivity contribution in [2.24, 2.45) is 11.1 Å². The van der Waals surface area contributed by atoms with E-state index >= 15 is 0 Å². The van der Waals surface area contributed by atoms with Crippen LogP contribution in [0.1, 0.15) is 19.3 Å². The molecule has 0 aromatic rings. The van der Waals surface area contributed by atoms with Crippen LogP contribution in [0.3, 0.4) is 0 Å². The summed E-state index contributed by atoms with van der Waals surface area (Å²) in [6.07, 6.45) is 3.30. The molecule has 0 atom stereocenters. The molecule has 0 aromatic heterocycles. The summed E-state index contributed by atoms with van der Waals surface area (Å²) in [5.74, 6) is 0. The average molecular weight is 170 g/mol. The number of aliphatic hydroxyl groups is 1. The first-order valence-corrected chi connectivity index (χ1v) is 4.85. The number of aliphatic hydroxyl groups excluding tert-OH is 1. The highest BCUT2D eigenvalue weighted by Crippen LogP contribution is 2.47. The van der Waals surface area contributed by atoms with E-state index in [1.165, 1.54) is 19.5 Å². The Kier molecular flexibility index (Phi) is 2.10. The van der Waals surface area contributed by atoms with Gasteiger partial charge in [0.2, 0.25) is 0 Å². The third-order valence-electron chi connectivity index (χ3n) is 3.30. The maximum atomic E-state index is 9.25. The molecular formula is C9H18N2O. The molecule has 2 fully saturated rings. The Morgan fingerprint density at radius 1 is 1.50 bits per heavy atom. The van der Waals surface area contributed by atoms with Gasteiger partial charge in [0.15, 0.2) is 0 Å². The maximum Gasteiger partial charge on any atom is 0.0551 e. The van der Waals surface area contributed by atoms with Gasteiger partial charge in [-0.15, -0.1) is 0 Å². The molecule has 3 nitrogen and oxygen atoms in total. The second-order valence-electron chi connectivity index (χ2n) is 4.38. The molecule has 1 saturated heterocycles. The summed E-state index contributed by atoms with van der Waals surface area (Å²) < 4.78 is 0. The quantitative estimate of drug-likeness (QED) is 0.603. The van der Waals surface area contributed by atoms with E-state index in [-0.39, 0.29) is 6.10 Å². The van der Waals surface area contributed by atoms with Gasteiger partial charge < -0.3 is 15.7 Å². The topological polar surface area (TPSA) is 49.5 Å². The van der Waals surface area contributed by atoms with Crippen molar-refractivity contribution in [2.75, 3.05) is 26.2 Å². The molecule has 70 valence electrons. The Hall–Kier alpha value is -0.120. The van der Waals surface area contributed by atoms with Gasteiger partial charge in [-0.3, -0.25) is 0 Å². The van der Waals surface area contributed by atoms with E-state index in [9.17, 15) is 5.11 Å². The fourth-order valence-corrected chi connectivity index (χ4v) is 2.67.